The minimum atomic E-state index is -0.0373. The molecule has 1 fully saturated rings. The SMILES string of the molecule is CCCn1ccnc(N2CCCCCC2CO)c1=O. The first-order chi connectivity index (χ1) is 9.27. The lowest BCUT2D eigenvalue weighted by Crippen LogP contribution is -2.42. The average molecular weight is 265 g/mol. The second-order valence-corrected chi connectivity index (χ2v) is 5.13. The summed E-state index contributed by atoms with van der Waals surface area (Å²) in [6.07, 6.45) is 8.60. The van der Waals surface area contributed by atoms with Crippen molar-refractivity contribution in [3.05, 3.63) is 22.7 Å². The van der Waals surface area contributed by atoms with Gasteiger partial charge in [-0.2, -0.15) is 0 Å². The maximum atomic E-state index is 12.4. The Bertz CT molecular complexity index is 458. The van der Waals surface area contributed by atoms with Crippen molar-refractivity contribution in [3.63, 3.8) is 0 Å². The van der Waals surface area contributed by atoms with Gasteiger partial charge in [0.2, 0.25) is 0 Å². The number of hydrogen-bond donors (Lipinski definition) is 1. The number of anilines is 1. The monoisotopic (exact) mass is 265 g/mol. The number of aliphatic hydroxyl groups is 1. The van der Waals surface area contributed by atoms with E-state index < -0.39 is 0 Å². The summed E-state index contributed by atoms with van der Waals surface area (Å²) in [5.41, 5.74) is -0.0373. The standard InChI is InChI=1S/C14H23N3O2/c1-2-8-16-10-7-15-13(14(16)19)17-9-5-3-4-6-12(17)11-18/h7,10,12,18H,2-6,8-9,11H2,1H3. The largest absolute Gasteiger partial charge is 0.394 e. The van der Waals surface area contributed by atoms with E-state index >= 15 is 0 Å². The number of hydrogen-bond acceptors (Lipinski definition) is 4. The predicted octanol–water partition coefficient (Wildman–Crippen LogP) is 1.39. The van der Waals surface area contributed by atoms with Crippen LogP contribution in [0, 0.1) is 0 Å². The van der Waals surface area contributed by atoms with E-state index in [0.29, 0.717) is 12.4 Å². The number of aromatic nitrogens is 2. The fourth-order valence-corrected chi connectivity index (χ4v) is 2.70. The molecular formula is C14H23N3O2. The quantitative estimate of drug-likeness (QED) is 0.894. The Morgan fingerprint density at radius 2 is 2.26 bits per heavy atom. The molecule has 1 aliphatic rings. The molecule has 0 amide bonds. The molecule has 0 spiro atoms. The summed E-state index contributed by atoms with van der Waals surface area (Å²) in [5, 5.41) is 9.53. The number of rotatable bonds is 4. The van der Waals surface area contributed by atoms with Crippen LogP contribution in [0.2, 0.25) is 0 Å². The zero-order valence-corrected chi connectivity index (χ0v) is 11.6. The van der Waals surface area contributed by atoms with E-state index in [4.69, 9.17) is 0 Å². The van der Waals surface area contributed by atoms with Crippen molar-refractivity contribution in [2.45, 2.75) is 51.6 Å². The molecular weight excluding hydrogens is 242 g/mol. The van der Waals surface area contributed by atoms with Crippen LogP contribution in [0.4, 0.5) is 5.82 Å². The van der Waals surface area contributed by atoms with Crippen molar-refractivity contribution in [2.24, 2.45) is 0 Å². The van der Waals surface area contributed by atoms with Gasteiger partial charge in [0.1, 0.15) is 0 Å². The van der Waals surface area contributed by atoms with Gasteiger partial charge in [-0.05, 0) is 19.3 Å². The highest BCUT2D eigenvalue weighted by molar-refractivity contribution is 5.37. The summed E-state index contributed by atoms with van der Waals surface area (Å²) >= 11 is 0. The first-order valence-corrected chi connectivity index (χ1v) is 7.21. The lowest BCUT2D eigenvalue weighted by Gasteiger charge is -2.29. The van der Waals surface area contributed by atoms with Gasteiger partial charge in [-0.1, -0.05) is 19.8 Å². The number of nitrogens with zero attached hydrogens (tertiary/aromatic N) is 3. The van der Waals surface area contributed by atoms with Crippen LogP contribution in [0.3, 0.4) is 0 Å². The van der Waals surface area contributed by atoms with Crippen LogP contribution in [-0.2, 0) is 6.54 Å². The van der Waals surface area contributed by atoms with Gasteiger partial charge in [0, 0.05) is 25.5 Å². The molecule has 2 rings (SSSR count). The first kappa shape index (κ1) is 14.1. The molecule has 0 radical (unpaired) electrons. The van der Waals surface area contributed by atoms with E-state index in [1.54, 1.807) is 17.0 Å². The molecule has 0 aliphatic carbocycles. The minimum absolute atomic E-state index is 0.0279. The van der Waals surface area contributed by atoms with Crippen molar-refractivity contribution >= 4 is 5.82 Å². The minimum Gasteiger partial charge on any atom is -0.394 e. The van der Waals surface area contributed by atoms with Crippen LogP contribution in [0.25, 0.3) is 0 Å². The van der Waals surface area contributed by atoms with Gasteiger partial charge in [-0.3, -0.25) is 4.79 Å². The molecule has 1 aromatic heterocycles. The molecule has 1 aliphatic heterocycles. The van der Waals surface area contributed by atoms with E-state index in [-0.39, 0.29) is 18.2 Å². The number of aliphatic hydroxyl groups excluding tert-OH is 1. The molecule has 2 heterocycles. The summed E-state index contributed by atoms with van der Waals surface area (Å²) < 4.78 is 1.71. The molecule has 1 unspecified atom stereocenters. The van der Waals surface area contributed by atoms with Gasteiger partial charge < -0.3 is 14.6 Å². The molecule has 0 saturated carbocycles. The predicted molar refractivity (Wildman–Crippen MR) is 75.5 cm³/mol. The Morgan fingerprint density at radius 3 is 3.00 bits per heavy atom. The molecule has 5 heteroatoms. The molecule has 1 aromatic rings. The molecule has 1 atom stereocenters. The lowest BCUT2D eigenvalue weighted by molar-refractivity contribution is 0.254. The van der Waals surface area contributed by atoms with Crippen molar-refractivity contribution in [1.29, 1.82) is 0 Å². The van der Waals surface area contributed by atoms with Gasteiger partial charge in [0.05, 0.1) is 12.6 Å². The highest BCUT2D eigenvalue weighted by Gasteiger charge is 2.24. The Morgan fingerprint density at radius 1 is 1.42 bits per heavy atom. The van der Waals surface area contributed by atoms with Crippen LogP contribution in [-0.4, -0.2) is 33.9 Å². The van der Waals surface area contributed by atoms with E-state index in [1.807, 2.05) is 4.90 Å². The Balaban J connectivity index is 2.33. The highest BCUT2D eigenvalue weighted by atomic mass is 16.3. The molecule has 1 saturated heterocycles. The number of aryl methyl sites for hydroxylation is 1. The third-order valence-electron chi connectivity index (χ3n) is 3.72. The van der Waals surface area contributed by atoms with Gasteiger partial charge in [-0.15, -0.1) is 0 Å². The van der Waals surface area contributed by atoms with Crippen LogP contribution < -0.4 is 10.5 Å². The lowest BCUT2D eigenvalue weighted by atomic mass is 10.1. The fourth-order valence-electron chi connectivity index (χ4n) is 2.70. The van der Waals surface area contributed by atoms with Crippen LogP contribution in [0.1, 0.15) is 39.0 Å². The van der Waals surface area contributed by atoms with Crippen molar-refractivity contribution in [2.75, 3.05) is 18.1 Å². The third kappa shape index (κ3) is 3.15. The third-order valence-corrected chi connectivity index (χ3v) is 3.72. The Hall–Kier alpha value is -1.36. The zero-order valence-electron chi connectivity index (χ0n) is 11.6. The van der Waals surface area contributed by atoms with Gasteiger partial charge in [0.15, 0.2) is 5.82 Å². The zero-order chi connectivity index (χ0) is 13.7. The maximum absolute atomic E-state index is 12.4. The summed E-state index contributed by atoms with van der Waals surface area (Å²) in [7, 11) is 0. The van der Waals surface area contributed by atoms with Crippen molar-refractivity contribution in [1.82, 2.24) is 9.55 Å². The normalized spacial score (nSPS) is 20.3. The van der Waals surface area contributed by atoms with E-state index in [2.05, 4.69) is 11.9 Å². The molecule has 19 heavy (non-hydrogen) atoms. The smallest absolute Gasteiger partial charge is 0.293 e. The van der Waals surface area contributed by atoms with Gasteiger partial charge in [0.25, 0.3) is 5.56 Å². The summed E-state index contributed by atoms with van der Waals surface area (Å²) in [4.78, 5) is 18.7. The van der Waals surface area contributed by atoms with Gasteiger partial charge in [-0.25, -0.2) is 4.98 Å². The van der Waals surface area contributed by atoms with Crippen LogP contribution in [0.5, 0.6) is 0 Å². The topological polar surface area (TPSA) is 58.4 Å². The van der Waals surface area contributed by atoms with Crippen molar-refractivity contribution < 1.29 is 5.11 Å². The molecule has 0 aromatic carbocycles. The van der Waals surface area contributed by atoms with E-state index in [0.717, 1.165) is 38.6 Å². The molecule has 1 N–H and O–H groups in total. The highest BCUT2D eigenvalue weighted by Crippen LogP contribution is 2.19. The Kier molecular flexibility index (Phi) is 4.96. The Labute approximate surface area is 113 Å². The van der Waals surface area contributed by atoms with Crippen LogP contribution in [0.15, 0.2) is 17.2 Å². The summed E-state index contributed by atoms with van der Waals surface area (Å²) in [5.74, 6) is 0.497. The first-order valence-electron chi connectivity index (χ1n) is 7.21. The molecule has 5 nitrogen and oxygen atoms in total. The average Bonchev–Trinajstić information content (AvgIpc) is 2.66. The molecule has 0 bridgehead atoms. The van der Waals surface area contributed by atoms with Crippen LogP contribution >= 0.6 is 0 Å². The summed E-state index contributed by atoms with van der Waals surface area (Å²) in [6, 6.07) is 0.0279. The van der Waals surface area contributed by atoms with E-state index in [1.165, 1.54) is 0 Å². The maximum Gasteiger partial charge on any atom is 0.293 e. The van der Waals surface area contributed by atoms with E-state index in [9.17, 15) is 9.90 Å². The second-order valence-electron chi connectivity index (χ2n) is 5.13. The fraction of sp³-hybridized carbons (Fsp3) is 0.714. The second kappa shape index (κ2) is 6.70. The molecule has 106 valence electrons. The summed E-state index contributed by atoms with van der Waals surface area (Å²) in [6.45, 7) is 3.66. The van der Waals surface area contributed by atoms with Crippen molar-refractivity contribution in [3.8, 4) is 0 Å². The van der Waals surface area contributed by atoms with Gasteiger partial charge >= 0.3 is 0 Å².